The Balaban J connectivity index is 1.18. The zero-order valence-corrected chi connectivity index (χ0v) is 30.5. The van der Waals surface area contributed by atoms with Gasteiger partial charge in [-0.05, 0) is 43.5 Å². The number of aryl methyl sites for hydroxylation is 2. The summed E-state index contributed by atoms with van der Waals surface area (Å²) in [7, 11) is 1.51. The number of aromatic nitrogens is 2. The zero-order chi connectivity index (χ0) is 38.1. The Hall–Kier alpha value is -4.54. The van der Waals surface area contributed by atoms with E-state index in [1.54, 1.807) is 17.6 Å². The number of carbonyl (C=O) groups is 4. The molecular weight excluding hydrogens is 692 g/mol. The first-order valence-corrected chi connectivity index (χ1v) is 17.7. The molecule has 2 aliphatic rings. The number of pyridine rings is 2. The lowest BCUT2D eigenvalue weighted by molar-refractivity contribution is -0.189. The van der Waals surface area contributed by atoms with E-state index >= 15 is 0 Å². The molecular formula is C38H46N2O13. The van der Waals surface area contributed by atoms with E-state index in [1.165, 1.54) is 7.11 Å². The number of methoxy groups -OCH3 is 1. The lowest BCUT2D eigenvalue weighted by atomic mass is 9.85. The molecule has 5 rings (SSSR count). The molecule has 53 heavy (non-hydrogen) atoms. The third-order valence-corrected chi connectivity index (χ3v) is 9.28. The van der Waals surface area contributed by atoms with Gasteiger partial charge in [0, 0.05) is 30.0 Å². The van der Waals surface area contributed by atoms with Gasteiger partial charge in [-0.2, -0.15) is 0 Å². The van der Waals surface area contributed by atoms with Gasteiger partial charge < -0.3 is 42.8 Å². The van der Waals surface area contributed by atoms with E-state index < -0.39 is 36.2 Å². The largest absolute Gasteiger partial charge is 0.480 e. The van der Waals surface area contributed by atoms with Crippen LogP contribution in [0.2, 0.25) is 0 Å². The van der Waals surface area contributed by atoms with Crippen LogP contribution in [0.15, 0.2) is 29.1 Å². The van der Waals surface area contributed by atoms with Gasteiger partial charge in [0.2, 0.25) is 5.60 Å². The normalized spacial score (nSPS) is 16.5. The molecule has 0 spiro atoms. The van der Waals surface area contributed by atoms with Crippen LogP contribution in [0.4, 0.5) is 0 Å². The topological polar surface area (TPSA) is 188 Å². The van der Waals surface area contributed by atoms with Crippen LogP contribution in [-0.2, 0) is 77.5 Å². The van der Waals surface area contributed by atoms with Crippen LogP contribution < -0.4 is 5.56 Å². The Kier molecular flexibility index (Phi) is 13.5. The van der Waals surface area contributed by atoms with Gasteiger partial charge in [-0.1, -0.05) is 25.5 Å². The van der Waals surface area contributed by atoms with E-state index in [4.69, 9.17) is 43.2 Å². The summed E-state index contributed by atoms with van der Waals surface area (Å²) in [6.45, 7) is 6.13. The minimum absolute atomic E-state index is 0.00955. The van der Waals surface area contributed by atoms with E-state index in [9.17, 15) is 24.0 Å². The second kappa shape index (κ2) is 18.0. The number of aliphatic carboxylic acids is 1. The van der Waals surface area contributed by atoms with Gasteiger partial charge in [0.1, 0.15) is 25.9 Å². The quantitative estimate of drug-likeness (QED) is 0.0971. The van der Waals surface area contributed by atoms with Crippen LogP contribution in [-0.4, -0.2) is 104 Å². The number of carbonyl (C=O) groups excluding carboxylic acids is 3. The second-order valence-electron chi connectivity index (χ2n) is 12.9. The van der Waals surface area contributed by atoms with Crippen molar-refractivity contribution in [3.8, 4) is 11.4 Å². The van der Waals surface area contributed by atoms with Gasteiger partial charge in [-0.25, -0.2) is 14.6 Å². The summed E-state index contributed by atoms with van der Waals surface area (Å²) in [5.41, 5.74) is 3.49. The predicted octanol–water partition coefficient (Wildman–Crippen LogP) is 3.02. The first-order valence-electron chi connectivity index (χ1n) is 17.7. The highest BCUT2D eigenvalue weighted by Gasteiger charge is 2.50. The van der Waals surface area contributed by atoms with E-state index in [-0.39, 0.29) is 94.6 Å². The Labute approximate surface area is 306 Å². The average molecular weight is 739 g/mol. The number of ketones is 1. The fraction of sp³-hybridized carbons (Fsp3) is 0.526. The molecule has 0 bridgehead atoms. The molecule has 4 heterocycles. The number of fused-ring (bicyclic) bond motifs is 5. The van der Waals surface area contributed by atoms with Gasteiger partial charge in [-0.15, -0.1) is 0 Å². The minimum atomic E-state index is -1.87. The first kappa shape index (κ1) is 39.7. The first-order chi connectivity index (χ1) is 25.5. The number of hydrogen-bond acceptors (Lipinski definition) is 13. The summed E-state index contributed by atoms with van der Waals surface area (Å²) < 4.78 is 39.5. The van der Waals surface area contributed by atoms with Crippen molar-refractivity contribution < 1.29 is 57.4 Å². The number of hydrogen-bond donors (Lipinski definition) is 1. The Morgan fingerprint density at radius 1 is 0.981 bits per heavy atom. The Morgan fingerprint density at radius 3 is 2.47 bits per heavy atom. The third kappa shape index (κ3) is 8.99. The number of esters is 2. The predicted molar refractivity (Wildman–Crippen MR) is 188 cm³/mol. The molecule has 15 heteroatoms. The van der Waals surface area contributed by atoms with E-state index in [0.29, 0.717) is 17.9 Å². The Morgan fingerprint density at radius 2 is 1.74 bits per heavy atom. The standard InChI is InChI=1S/C38H46N2O13/c1-5-26-27-15-23(3)7-9-31(27)39-35-28(26)17-40-32(35)16-30-29(36(40)45)21-52-37(46)38(30,6-2)53-34(44)10-8-24(41)18-48-13-14-51-25(19-47-4)20-49-11-12-50-22-33(42)43/h7,9,15-16,25H,5-6,8,10-14,17-22H2,1-4H3,(H,42,43)/t25?,38-/m0/s1. The van der Waals surface area contributed by atoms with Crippen molar-refractivity contribution in [2.75, 3.05) is 60.0 Å². The number of cyclic esters (lactones) is 1. The van der Waals surface area contributed by atoms with E-state index in [1.807, 2.05) is 19.1 Å². The fourth-order valence-electron chi connectivity index (χ4n) is 6.68. The molecule has 2 atom stereocenters. The molecule has 0 saturated carbocycles. The minimum Gasteiger partial charge on any atom is -0.480 e. The molecule has 15 nitrogen and oxygen atoms in total. The van der Waals surface area contributed by atoms with Crippen LogP contribution in [0.1, 0.15) is 60.9 Å². The molecule has 0 aliphatic carbocycles. The van der Waals surface area contributed by atoms with Gasteiger partial charge in [0.05, 0.1) is 75.1 Å². The lowest BCUT2D eigenvalue weighted by Gasteiger charge is -2.35. The highest BCUT2D eigenvalue weighted by molar-refractivity contribution is 5.91. The molecule has 1 aromatic carbocycles. The summed E-state index contributed by atoms with van der Waals surface area (Å²) in [5.74, 6) is -2.99. The molecule has 0 radical (unpaired) electrons. The molecule has 0 amide bonds. The summed E-state index contributed by atoms with van der Waals surface area (Å²) in [4.78, 5) is 68.5. The highest BCUT2D eigenvalue weighted by Crippen LogP contribution is 2.42. The van der Waals surface area contributed by atoms with Crippen molar-refractivity contribution in [3.63, 3.8) is 0 Å². The van der Waals surface area contributed by atoms with Crippen LogP contribution in [0.25, 0.3) is 22.3 Å². The van der Waals surface area contributed by atoms with Gasteiger partial charge in [-0.3, -0.25) is 14.4 Å². The molecule has 0 saturated heterocycles. The number of rotatable bonds is 21. The van der Waals surface area contributed by atoms with Crippen LogP contribution in [0.3, 0.4) is 0 Å². The number of carboxylic acid groups (broad SMARTS) is 1. The van der Waals surface area contributed by atoms with Crippen molar-refractivity contribution in [3.05, 3.63) is 62.4 Å². The van der Waals surface area contributed by atoms with Crippen molar-refractivity contribution in [2.24, 2.45) is 0 Å². The van der Waals surface area contributed by atoms with Crippen molar-refractivity contribution in [1.29, 1.82) is 0 Å². The lowest BCUT2D eigenvalue weighted by Crippen LogP contribution is -2.47. The zero-order valence-electron chi connectivity index (χ0n) is 30.5. The van der Waals surface area contributed by atoms with Gasteiger partial charge in [0.25, 0.3) is 5.56 Å². The highest BCUT2D eigenvalue weighted by atomic mass is 16.6. The maximum atomic E-state index is 14.0. The van der Waals surface area contributed by atoms with Crippen molar-refractivity contribution in [2.45, 2.75) is 71.3 Å². The Bertz CT molecular complexity index is 1910. The number of carboxylic acids is 1. The number of Topliss-reactive ketones (excluding diaryl/α,β-unsaturated/α-hetero) is 1. The van der Waals surface area contributed by atoms with Crippen molar-refractivity contribution >= 4 is 34.6 Å². The van der Waals surface area contributed by atoms with Gasteiger partial charge >= 0.3 is 17.9 Å². The molecule has 1 N–H and O–H groups in total. The van der Waals surface area contributed by atoms with Crippen LogP contribution >= 0.6 is 0 Å². The maximum Gasteiger partial charge on any atom is 0.355 e. The van der Waals surface area contributed by atoms with Crippen molar-refractivity contribution in [1.82, 2.24) is 9.55 Å². The van der Waals surface area contributed by atoms with Crippen LogP contribution in [0, 0.1) is 6.92 Å². The molecule has 0 fully saturated rings. The molecule has 2 aromatic heterocycles. The molecule has 3 aromatic rings. The van der Waals surface area contributed by atoms with E-state index in [2.05, 4.69) is 13.0 Å². The van der Waals surface area contributed by atoms with E-state index in [0.717, 1.165) is 34.0 Å². The smallest absolute Gasteiger partial charge is 0.355 e. The number of ether oxygens (including phenoxy) is 7. The number of benzene rings is 1. The average Bonchev–Trinajstić information content (AvgIpc) is 3.50. The van der Waals surface area contributed by atoms with Crippen LogP contribution in [0.5, 0.6) is 0 Å². The molecule has 1 unspecified atom stereocenters. The monoisotopic (exact) mass is 738 g/mol. The second-order valence-corrected chi connectivity index (χ2v) is 12.9. The fourth-order valence-corrected chi connectivity index (χ4v) is 6.68. The third-order valence-electron chi connectivity index (χ3n) is 9.28. The summed E-state index contributed by atoms with van der Waals surface area (Å²) in [6, 6.07) is 7.78. The number of nitrogens with zero attached hydrogens (tertiary/aromatic N) is 2. The SMILES string of the molecule is CCc1c2c(nc3ccc(C)cc13)-c1cc3c(c(=O)n1C2)COC(=O)[C@@]3(CC)OC(=O)CCC(=O)COCCOC(COC)COCCOCC(=O)O. The molecule has 286 valence electrons. The summed E-state index contributed by atoms with van der Waals surface area (Å²) in [6.07, 6.45) is -0.176. The van der Waals surface area contributed by atoms with Gasteiger partial charge in [0.15, 0.2) is 5.78 Å². The molecule has 2 aliphatic heterocycles. The maximum absolute atomic E-state index is 14.0. The summed E-state index contributed by atoms with van der Waals surface area (Å²) >= 11 is 0. The summed E-state index contributed by atoms with van der Waals surface area (Å²) in [5, 5.41) is 9.62.